The Hall–Kier alpha value is -2.54. The van der Waals surface area contributed by atoms with E-state index < -0.39 is 10.0 Å². The van der Waals surface area contributed by atoms with Gasteiger partial charge in [-0.3, -0.25) is 9.10 Å². The van der Waals surface area contributed by atoms with E-state index in [1.165, 1.54) is 0 Å². The lowest BCUT2D eigenvalue weighted by atomic mass is 10.1. The Labute approximate surface area is 161 Å². The summed E-state index contributed by atoms with van der Waals surface area (Å²) in [6.45, 7) is 5.33. The van der Waals surface area contributed by atoms with Crippen molar-refractivity contribution >= 4 is 21.6 Å². The van der Waals surface area contributed by atoms with Crippen LogP contribution in [-0.4, -0.2) is 33.2 Å². The van der Waals surface area contributed by atoms with Crippen molar-refractivity contribution in [2.24, 2.45) is 0 Å². The highest BCUT2D eigenvalue weighted by molar-refractivity contribution is 7.92. The quantitative estimate of drug-likeness (QED) is 0.751. The number of amides is 1. The number of ether oxygens (including phenoxy) is 1. The molecular weight excluding hydrogens is 364 g/mol. The number of hydrogen-bond donors (Lipinski definition) is 1. The average molecular weight is 391 g/mol. The predicted octanol–water partition coefficient (Wildman–Crippen LogP) is 3.12. The van der Waals surface area contributed by atoms with Gasteiger partial charge < -0.3 is 10.1 Å². The number of rotatable bonds is 8. The minimum Gasteiger partial charge on any atom is -0.491 e. The maximum Gasteiger partial charge on any atom is 0.241 e. The maximum atomic E-state index is 12.5. The number of nitrogens with one attached hydrogen (secondary N) is 1. The standard InChI is InChI=1S/C20H26N2O4S/c1-15(2)26-19-12-8-11-18(13-19)22(27(4,24)25)14-20(23)21-16(3)17-9-6-5-7-10-17/h5-13,15-16H,14H2,1-4H3,(H,21,23). The van der Waals surface area contributed by atoms with Crippen LogP contribution in [0, 0.1) is 0 Å². The van der Waals surface area contributed by atoms with E-state index in [0.29, 0.717) is 11.4 Å². The Kier molecular flexibility index (Phi) is 6.85. The summed E-state index contributed by atoms with van der Waals surface area (Å²) in [5.74, 6) is 0.168. The van der Waals surface area contributed by atoms with Gasteiger partial charge in [0.2, 0.25) is 15.9 Å². The van der Waals surface area contributed by atoms with E-state index in [-0.39, 0.29) is 24.6 Å². The molecule has 0 saturated heterocycles. The number of nitrogens with zero attached hydrogens (tertiary/aromatic N) is 1. The van der Waals surface area contributed by atoms with E-state index in [2.05, 4.69) is 5.32 Å². The van der Waals surface area contributed by atoms with Crippen molar-refractivity contribution in [3.05, 3.63) is 60.2 Å². The lowest BCUT2D eigenvalue weighted by Gasteiger charge is -2.24. The van der Waals surface area contributed by atoms with Crippen LogP contribution >= 0.6 is 0 Å². The third-order valence-electron chi connectivity index (χ3n) is 3.84. The van der Waals surface area contributed by atoms with E-state index in [0.717, 1.165) is 16.1 Å². The lowest BCUT2D eigenvalue weighted by molar-refractivity contribution is -0.120. The van der Waals surface area contributed by atoms with Crippen molar-refractivity contribution in [3.8, 4) is 5.75 Å². The average Bonchev–Trinajstić information content (AvgIpc) is 2.59. The van der Waals surface area contributed by atoms with Crippen LogP contribution in [-0.2, 0) is 14.8 Å². The van der Waals surface area contributed by atoms with E-state index in [1.807, 2.05) is 51.1 Å². The molecule has 0 radical (unpaired) electrons. The second-order valence-corrected chi connectivity index (χ2v) is 8.54. The summed E-state index contributed by atoms with van der Waals surface area (Å²) >= 11 is 0. The number of carbonyl (C=O) groups excluding carboxylic acids is 1. The van der Waals surface area contributed by atoms with Crippen LogP contribution in [0.4, 0.5) is 5.69 Å². The minimum absolute atomic E-state index is 0.0399. The highest BCUT2D eigenvalue weighted by Gasteiger charge is 2.22. The van der Waals surface area contributed by atoms with Crippen molar-refractivity contribution in [3.63, 3.8) is 0 Å². The van der Waals surface area contributed by atoms with Gasteiger partial charge in [0.25, 0.3) is 0 Å². The molecule has 0 aliphatic carbocycles. The third-order valence-corrected chi connectivity index (χ3v) is 4.98. The van der Waals surface area contributed by atoms with Crippen molar-refractivity contribution in [2.75, 3.05) is 17.1 Å². The van der Waals surface area contributed by atoms with Crippen LogP contribution in [0.1, 0.15) is 32.4 Å². The van der Waals surface area contributed by atoms with E-state index >= 15 is 0 Å². The van der Waals surface area contributed by atoms with Crippen molar-refractivity contribution in [1.82, 2.24) is 5.32 Å². The fourth-order valence-electron chi connectivity index (χ4n) is 2.63. The molecule has 1 atom stereocenters. The first-order valence-electron chi connectivity index (χ1n) is 8.75. The van der Waals surface area contributed by atoms with E-state index in [1.54, 1.807) is 24.3 Å². The molecule has 2 aromatic carbocycles. The molecule has 27 heavy (non-hydrogen) atoms. The first-order chi connectivity index (χ1) is 12.7. The Morgan fingerprint density at radius 2 is 1.74 bits per heavy atom. The summed E-state index contributed by atoms with van der Waals surface area (Å²) in [6, 6.07) is 16.0. The van der Waals surface area contributed by atoms with Crippen LogP contribution < -0.4 is 14.4 Å². The predicted molar refractivity (Wildman–Crippen MR) is 107 cm³/mol. The van der Waals surface area contributed by atoms with E-state index in [9.17, 15) is 13.2 Å². The molecule has 0 aliphatic rings. The SMILES string of the molecule is CC(C)Oc1cccc(N(CC(=O)NC(C)c2ccccc2)S(C)(=O)=O)c1. The molecule has 2 rings (SSSR count). The Bertz CT molecular complexity index is 867. The fourth-order valence-corrected chi connectivity index (χ4v) is 3.48. The van der Waals surface area contributed by atoms with Gasteiger partial charge in [-0.05, 0) is 38.5 Å². The van der Waals surface area contributed by atoms with Crippen molar-refractivity contribution in [2.45, 2.75) is 32.9 Å². The molecule has 0 heterocycles. The molecule has 1 N–H and O–H groups in total. The van der Waals surface area contributed by atoms with Gasteiger partial charge in [0.15, 0.2) is 0 Å². The third kappa shape index (κ3) is 6.29. The molecule has 0 saturated carbocycles. The highest BCUT2D eigenvalue weighted by atomic mass is 32.2. The molecule has 1 unspecified atom stereocenters. The van der Waals surface area contributed by atoms with Gasteiger partial charge in [-0.2, -0.15) is 0 Å². The number of carbonyl (C=O) groups is 1. The van der Waals surface area contributed by atoms with Crippen molar-refractivity contribution < 1.29 is 17.9 Å². The van der Waals surface area contributed by atoms with Gasteiger partial charge in [0, 0.05) is 6.07 Å². The second kappa shape index (κ2) is 8.90. The van der Waals surface area contributed by atoms with Crippen molar-refractivity contribution in [1.29, 1.82) is 0 Å². The maximum absolute atomic E-state index is 12.5. The van der Waals surface area contributed by atoms with Gasteiger partial charge in [-0.15, -0.1) is 0 Å². The summed E-state index contributed by atoms with van der Waals surface area (Å²) in [6.07, 6.45) is 1.04. The Morgan fingerprint density at radius 1 is 1.07 bits per heavy atom. The van der Waals surface area contributed by atoms with Gasteiger partial charge in [0.1, 0.15) is 12.3 Å². The highest BCUT2D eigenvalue weighted by Crippen LogP contribution is 2.24. The second-order valence-electron chi connectivity index (χ2n) is 6.63. The molecule has 1 amide bonds. The smallest absolute Gasteiger partial charge is 0.241 e. The van der Waals surface area contributed by atoms with Gasteiger partial charge in [-0.1, -0.05) is 36.4 Å². The zero-order chi connectivity index (χ0) is 20.0. The summed E-state index contributed by atoms with van der Waals surface area (Å²) in [7, 11) is -3.64. The zero-order valence-corrected chi connectivity index (χ0v) is 16.9. The number of sulfonamides is 1. The van der Waals surface area contributed by atoms with Gasteiger partial charge in [0.05, 0.1) is 24.1 Å². The Balaban J connectivity index is 2.17. The molecule has 0 spiro atoms. The van der Waals surface area contributed by atoms with Gasteiger partial charge in [-0.25, -0.2) is 8.42 Å². The largest absolute Gasteiger partial charge is 0.491 e. The van der Waals surface area contributed by atoms with Crippen LogP contribution in [0.3, 0.4) is 0 Å². The lowest BCUT2D eigenvalue weighted by Crippen LogP contribution is -2.41. The first-order valence-corrected chi connectivity index (χ1v) is 10.6. The van der Waals surface area contributed by atoms with Gasteiger partial charge >= 0.3 is 0 Å². The summed E-state index contributed by atoms with van der Waals surface area (Å²) in [5, 5.41) is 2.84. The minimum atomic E-state index is -3.64. The normalized spacial score (nSPS) is 12.5. The molecule has 7 heteroatoms. The molecule has 0 aromatic heterocycles. The topological polar surface area (TPSA) is 75.7 Å². The number of hydrogen-bond acceptors (Lipinski definition) is 4. The molecule has 0 aliphatic heterocycles. The van der Waals surface area contributed by atoms with Crippen LogP contribution in [0.5, 0.6) is 5.75 Å². The summed E-state index contributed by atoms with van der Waals surface area (Å²) in [4.78, 5) is 12.5. The summed E-state index contributed by atoms with van der Waals surface area (Å²) in [5.41, 5.74) is 1.34. The molecule has 2 aromatic rings. The zero-order valence-electron chi connectivity index (χ0n) is 16.0. The van der Waals surface area contributed by atoms with E-state index in [4.69, 9.17) is 4.74 Å². The van der Waals surface area contributed by atoms with Crippen LogP contribution in [0.15, 0.2) is 54.6 Å². The number of anilines is 1. The summed E-state index contributed by atoms with van der Waals surface area (Å²) < 4.78 is 31.2. The molecule has 6 nitrogen and oxygen atoms in total. The van der Waals surface area contributed by atoms with Crippen LogP contribution in [0.25, 0.3) is 0 Å². The fraction of sp³-hybridized carbons (Fsp3) is 0.350. The van der Waals surface area contributed by atoms with Crippen LogP contribution in [0.2, 0.25) is 0 Å². The molecule has 146 valence electrons. The first kappa shape index (κ1) is 20.8. The molecule has 0 bridgehead atoms. The number of benzene rings is 2. The molecular formula is C20H26N2O4S. The monoisotopic (exact) mass is 390 g/mol. The molecule has 0 fully saturated rings. The Morgan fingerprint density at radius 3 is 2.33 bits per heavy atom.